The molecule has 0 bridgehead atoms. The lowest BCUT2D eigenvalue weighted by atomic mass is 9.80. The maximum Gasteiger partial charge on any atom is 0.302 e. The number of likely N-dealkylation sites (N-methyl/N-ethyl adjacent to an activating group) is 1. The fourth-order valence-electron chi connectivity index (χ4n) is 6.36. The van der Waals surface area contributed by atoms with E-state index < -0.39 is 41.4 Å². The van der Waals surface area contributed by atoms with Gasteiger partial charge in [0.05, 0.1) is 6.42 Å². The summed E-state index contributed by atoms with van der Waals surface area (Å²) in [6, 6.07) is 16.1. The van der Waals surface area contributed by atoms with Crippen molar-refractivity contribution in [3.05, 3.63) is 88.2 Å². The lowest BCUT2D eigenvalue weighted by molar-refractivity contribution is -0.146. The van der Waals surface area contributed by atoms with Crippen molar-refractivity contribution in [3.63, 3.8) is 0 Å². The second kappa shape index (κ2) is 11.6. The van der Waals surface area contributed by atoms with Gasteiger partial charge in [-0.1, -0.05) is 68.8 Å². The highest BCUT2D eigenvalue weighted by molar-refractivity contribution is 6.31. The highest BCUT2D eigenvalue weighted by atomic mass is 35.5. The monoisotopic (exact) mass is 613 g/mol. The molecule has 3 aromatic rings. The van der Waals surface area contributed by atoms with Crippen LogP contribution in [0.4, 0.5) is 5.69 Å². The van der Waals surface area contributed by atoms with E-state index in [2.05, 4.69) is 15.5 Å². The first kappa shape index (κ1) is 31.0. The SMILES string of the molecule is [C-]#[N+][C@@H]1C[C@@]2(CN1C(=O)[C@H](CC(C)(C)C)N(C)C(=O)[C@H](C)NC(=O)c1cccc3ccc(Cl)cc13)C(=O)Nc1ccccc12. The predicted octanol–water partition coefficient (Wildman–Crippen LogP) is 5.24. The molecule has 0 aliphatic carbocycles. The molecule has 2 aliphatic heterocycles. The van der Waals surface area contributed by atoms with E-state index in [0.29, 0.717) is 28.1 Å². The molecule has 1 spiro atoms. The number of anilines is 1. The zero-order valence-corrected chi connectivity index (χ0v) is 26.2. The van der Waals surface area contributed by atoms with Crippen molar-refractivity contribution in [1.82, 2.24) is 15.1 Å². The molecule has 9 nitrogen and oxygen atoms in total. The van der Waals surface area contributed by atoms with Crippen molar-refractivity contribution in [1.29, 1.82) is 0 Å². The number of nitrogens with zero attached hydrogens (tertiary/aromatic N) is 3. The average Bonchev–Trinajstić information content (AvgIpc) is 3.51. The fraction of sp³-hybridized carbons (Fsp3) is 0.382. The maximum atomic E-state index is 14.3. The zero-order chi connectivity index (χ0) is 32.0. The molecular weight excluding hydrogens is 578 g/mol. The van der Waals surface area contributed by atoms with Gasteiger partial charge in [-0.3, -0.25) is 28.9 Å². The van der Waals surface area contributed by atoms with Crippen molar-refractivity contribution in [2.24, 2.45) is 5.41 Å². The van der Waals surface area contributed by atoms with Crippen LogP contribution in [0.15, 0.2) is 60.7 Å². The van der Waals surface area contributed by atoms with Gasteiger partial charge in [-0.2, -0.15) is 0 Å². The molecule has 10 heteroatoms. The molecule has 3 aromatic carbocycles. The van der Waals surface area contributed by atoms with Crippen LogP contribution >= 0.6 is 11.6 Å². The average molecular weight is 614 g/mol. The maximum absolute atomic E-state index is 14.3. The van der Waals surface area contributed by atoms with E-state index in [9.17, 15) is 19.2 Å². The van der Waals surface area contributed by atoms with E-state index in [1.165, 1.54) is 9.80 Å². The van der Waals surface area contributed by atoms with Crippen LogP contribution in [0.5, 0.6) is 0 Å². The number of carbonyl (C=O) groups is 4. The Kier molecular flexibility index (Phi) is 8.17. The van der Waals surface area contributed by atoms with Gasteiger partial charge >= 0.3 is 6.17 Å². The van der Waals surface area contributed by atoms with Crippen LogP contribution in [0.2, 0.25) is 5.02 Å². The number of hydrogen-bond acceptors (Lipinski definition) is 4. The summed E-state index contributed by atoms with van der Waals surface area (Å²) in [4.78, 5) is 61.3. The number of amides is 4. The Morgan fingerprint density at radius 3 is 2.59 bits per heavy atom. The molecule has 1 fully saturated rings. The number of fused-ring (bicyclic) bond motifs is 3. The van der Waals surface area contributed by atoms with Crippen LogP contribution in [0.3, 0.4) is 0 Å². The molecule has 1 saturated heterocycles. The number of para-hydroxylation sites is 1. The predicted molar refractivity (Wildman–Crippen MR) is 170 cm³/mol. The molecule has 5 rings (SSSR count). The third kappa shape index (κ3) is 5.62. The first-order valence-corrected chi connectivity index (χ1v) is 15.0. The second-order valence-electron chi connectivity index (χ2n) is 13.0. The van der Waals surface area contributed by atoms with Crippen molar-refractivity contribution < 1.29 is 19.2 Å². The summed E-state index contributed by atoms with van der Waals surface area (Å²) >= 11 is 6.19. The molecule has 4 atom stereocenters. The molecule has 0 aromatic heterocycles. The molecule has 2 heterocycles. The van der Waals surface area contributed by atoms with E-state index in [4.69, 9.17) is 18.2 Å². The molecule has 44 heavy (non-hydrogen) atoms. The van der Waals surface area contributed by atoms with Crippen LogP contribution in [-0.4, -0.2) is 65.3 Å². The molecule has 228 valence electrons. The van der Waals surface area contributed by atoms with Gasteiger partial charge in [0.1, 0.15) is 17.5 Å². The highest BCUT2D eigenvalue weighted by Crippen LogP contribution is 2.47. The van der Waals surface area contributed by atoms with Gasteiger partial charge in [-0.25, -0.2) is 6.57 Å². The van der Waals surface area contributed by atoms with Crippen molar-refractivity contribution >= 4 is 51.7 Å². The number of benzene rings is 3. The zero-order valence-electron chi connectivity index (χ0n) is 25.5. The van der Waals surface area contributed by atoms with Crippen molar-refractivity contribution in [2.75, 3.05) is 18.9 Å². The molecule has 2 aliphatic rings. The summed E-state index contributed by atoms with van der Waals surface area (Å²) in [6.07, 6.45) is -0.374. The lowest BCUT2D eigenvalue weighted by Gasteiger charge is -2.36. The fourth-order valence-corrected chi connectivity index (χ4v) is 6.53. The van der Waals surface area contributed by atoms with Gasteiger partial charge in [0, 0.05) is 29.9 Å². The Hall–Kier alpha value is -4.42. The molecule has 2 N–H and O–H groups in total. The third-order valence-electron chi connectivity index (χ3n) is 8.60. The summed E-state index contributed by atoms with van der Waals surface area (Å²) in [7, 11) is 1.55. The second-order valence-corrected chi connectivity index (χ2v) is 13.4. The highest BCUT2D eigenvalue weighted by Gasteiger charge is 2.59. The Morgan fingerprint density at radius 2 is 1.89 bits per heavy atom. The van der Waals surface area contributed by atoms with Gasteiger partial charge in [-0.05, 0) is 59.4 Å². The molecule has 0 saturated carbocycles. The van der Waals surface area contributed by atoms with Crippen LogP contribution < -0.4 is 10.6 Å². The van der Waals surface area contributed by atoms with Crippen LogP contribution in [0, 0.1) is 12.0 Å². The minimum atomic E-state index is -1.03. The number of halogens is 1. The summed E-state index contributed by atoms with van der Waals surface area (Å²) in [5.41, 5.74) is 0.459. The van der Waals surface area contributed by atoms with Crippen LogP contribution in [-0.2, 0) is 19.8 Å². The number of likely N-dealkylation sites (tertiary alicyclic amines) is 1. The lowest BCUT2D eigenvalue weighted by Crippen LogP contribution is -2.56. The van der Waals surface area contributed by atoms with E-state index >= 15 is 0 Å². The van der Waals surface area contributed by atoms with Gasteiger partial charge in [0.15, 0.2) is 0 Å². The van der Waals surface area contributed by atoms with E-state index in [0.717, 1.165) is 10.9 Å². The number of nitrogens with one attached hydrogen (secondary N) is 2. The van der Waals surface area contributed by atoms with Gasteiger partial charge < -0.3 is 15.5 Å². The Balaban J connectivity index is 1.39. The largest absolute Gasteiger partial charge is 0.341 e. The summed E-state index contributed by atoms with van der Waals surface area (Å²) < 4.78 is 0. The topological polar surface area (TPSA) is 103 Å². The van der Waals surface area contributed by atoms with E-state index in [1.807, 2.05) is 57.2 Å². The minimum absolute atomic E-state index is 0.0420. The molecular formula is C34H36ClN5O4. The van der Waals surface area contributed by atoms with Crippen LogP contribution in [0.25, 0.3) is 15.6 Å². The Morgan fingerprint density at radius 1 is 1.16 bits per heavy atom. The molecule has 0 unspecified atom stereocenters. The number of carbonyl (C=O) groups excluding carboxylic acids is 4. The van der Waals surface area contributed by atoms with E-state index in [1.54, 1.807) is 38.2 Å². The van der Waals surface area contributed by atoms with Gasteiger partial charge in [0.2, 0.25) is 11.8 Å². The van der Waals surface area contributed by atoms with Gasteiger partial charge in [0.25, 0.3) is 11.8 Å². The standard InChI is InChI=1S/C34H36ClN5O4/c1-20(37-29(41)23-11-9-10-21-14-15-22(35)16-24(21)23)30(42)39(6)27(17-33(2,3)4)31(43)40-19-34(18-28(40)36-5)25-12-7-8-13-26(25)38-32(34)44/h7-16,20,27-28H,17-19H2,1-4,6H3,(H,37,41)(H,38,44)/t20-,27-,28-,34-/m0/s1. The van der Waals surface area contributed by atoms with Crippen molar-refractivity contribution in [3.8, 4) is 0 Å². The normalized spacial score (nSPS) is 20.5. The molecule has 0 radical (unpaired) electrons. The first-order valence-electron chi connectivity index (χ1n) is 14.6. The third-order valence-corrected chi connectivity index (χ3v) is 8.84. The number of hydrogen-bond donors (Lipinski definition) is 2. The summed E-state index contributed by atoms with van der Waals surface area (Å²) in [6.45, 7) is 15.4. The minimum Gasteiger partial charge on any atom is -0.341 e. The Bertz CT molecular complexity index is 1710. The Labute approximate surface area is 262 Å². The first-order chi connectivity index (χ1) is 20.8. The summed E-state index contributed by atoms with van der Waals surface area (Å²) in [5, 5.41) is 7.70. The number of rotatable bonds is 6. The molecule has 4 amide bonds. The van der Waals surface area contributed by atoms with Crippen molar-refractivity contribution in [2.45, 2.75) is 64.2 Å². The van der Waals surface area contributed by atoms with E-state index in [-0.39, 0.29) is 24.3 Å². The van der Waals surface area contributed by atoms with Gasteiger partial charge in [-0.15, -0.1) is 0 Å². The summed E-state index contributed by atoms with van der Waals surface area (Å²) in [5.74, 6) is -1.51. The quantitative estimate of drug-likeness (QED) is 0.371. The smallest absolute Gasteiger partial charge is 0.302 e. The van der Waals surface area contributed by atoms with Crippen LogP contribution in [0.1, 0.15) is 56.5 Å².